The predicted molar refractivity (Wildman–Crippen MR) is 130 cm³/mol. The molecule has 0 saturated heterocycles. The summed E-state index contributed by atoms with van der Waals surface area (Å²) in [7, 11) is 0. The maximum atomic E-state index is 11.4. The van der Waals surface area contributed by atoms with Crippen molar-refractivity contribution < 1.29 is 9.53 Å². The van der Waals surface area contributed by atoms with Crippen LogP contribution in [-0.4, -0.2) is 26.0 Å². The Hall–Kier alpha value is -1.77. The highest BCUT2D eigenvalue weighted by Crippen LogP contribution is 2.55. The minimum atomic E-state index is 0.0293. The van der Waals surface area contributed by atoms with Gasteiger partial charge in [0.1, 0.15) is 12.4 Å². The third kappa shape index (κ3) is 3.94. The molecule has 1 aromatic rings. The van der Waals surface area contributed by atoms with Crippen LogP contribution in [0.3, 0.4) is 0 Å². The number of anilines is 1. The van der Waals surface area contributed by atoms with Crippen molar-refractivity contribution in [1.82, 2.24) is 0 Å². The molecule has 0 radical (unpaired) electrons. The molecule has 0 aromatic heterocycles. The number of benzene rings is 1. The second-order valence-corrected chi connectivity index (χ2v) is 11.5. The van der Waals surface area contributed by atoms with Crippen molar-refractivity contribution in [3.05, 3.63) is 28.3 Å². The first-order chi connectivity index (χ1) is 14.7. The molecule has 0 bridgehead atoms. The molecular formula is C28H41NO2. The summed E-state index contributed by atoms with van der Waals surface area (Å²) in [5, 5.41) is 0. The van der Waals surface area contributed by atoms with Crippen LogP contribution in [0.25, 0.3) is 5.57 Å². The van der Waals surface area contributed by atoms with Gasteiger partial charge in [-0.2, -0.15) is 0 Å². The van der Waals surface area contributed by atoms with Gasteiger partial charge in [-0.1, -0.05) is 52.5 Å². The van der Waals surface area contributed by atoms with Crippen LogP contribution in [0.2, 0.25) is 0 Å². The normalized spacial score (nSPS) is 21.9. The fraction of sp³-hybridized carbons (Fsp3) is 0.679. The molecule has 0 unspecified atom stereocenters. The van der Waals surface area contributed by atoms with E-state index in [0.29, 0.717) is 5.92 Å². The first-order valence-electron chi connectivity index (χ1n) is 12.4. The lowest BCUT2D eigenvalue weighted by atomic mass is 9.67. The van der Waals surface area contributed by atoms with Crippen LogP contribution in [0.4, 0.5) is 5.69 Å². The van der Waals surface area contributed by atoms with Crippen molar-refractivity contribution in [2.75, 3.05) is 24.6 Å². The molecule has 2 aliphatic heterocycles. The van der Waals surface area contributed by atoms with Crippen LogP contribution in [0.15, 0.2) is 11.6 Å². The molecule has 1 aliphatic carbocycles. The maximum absolute atomic E-state index is 11.4. The Morgan fingerprint density at radius 3 is 2.32 bits per heavy atom. The minimum absolute atomic E-state index is 0.0293. The lowest BCUT2D eigenvalue weighted by molar-refractivity contribution is -0.109. The molecule has 3 nitrogen and oxygen atoms in total. The van der Waals surface area contributed by atoms with Gasteiger partial charge in [0.05, 0.1) is 0 Å². The van der Waals surface area contributed by atoms with Gasteiger partial charge in [0, 0.05) is 29.9 Å². The van der Waals surface area contributed by atoms with E-state index in [1.165, 1.54) is 72.0 Å². The molecule has 2 heterocycles. The molecule has 4 rings (SSSR count). The third-order valence-corrected chi connectivity index (χ3v) is 8.13. The monoisotopic (exact) mass is 423 g/mol. The van der Waals surface area contributed by atoms with E-state index in [1.54, 1.807) is 0 Å². The Labute approximate surface area is 189 Å². The fourth-order valence-corrected chi connectivity index (χ4v) is 6.31. The highest BCUT2D eigenvalue weighted by molar-refractivity contribution is 5.83. The second-order valence-electron chi connectivity index (χ2n) is 11.5. The molecule has 1 fully saturated rings. The number of rotatable bonds is 5. The number of carbonyl (C=O) groups excluding carboxylic acids is 1. The first kappa shape index (κ1) is 22.4. The van der Waals surface area contributed by atoms with Crippen molar-refractivity contribution in [1.29, 1.82) is 0 Å². The molecule has 0 N–H and O–H groups in total. The van der Waals surface area contributed by atoms with E-state index in [0.717, 1.165) is 31.5 Å². The second kappa shape index (κ2) is 8.30. The number of ether oxygens (including phenoxy) is 1. The van der Waals surface area contributed by atoms with Gasteiger partial charge in [0.25, 0.3) is 0 Å². The van der Waals surface area contributed by atoms with E-state index in [4.69, 9.17) is 4.74 Å². The average Bonchev–Trinajstić information content (AvgIpc) is 2.72. The van der Waals surface area contributed by atoms with Crippen LogP contribution >= 0.6 is 0 Å². The molecule has 0 spiro atoms. The zero-order valence-electron chi connectivity index (χ0n) is 20.6. The summed E-state index contributed by atoms with van der Waals surface area (Å²) in [6.45, 7) is 16.4. The van der Waals surface area contributed by atoms with E-state index in [2.05, 4.69) is 52.5 Å². The zero-order valence-corrected chi connectivity index (χ0v) is 20.6. The molecule has 0 atom stereocenters. The first-order valence-corrected chi connectivity index (χ1v) is 12.4. The van der Waals surface area contributed by atoms with Crippen molar-refractivity contribution >= 4 is 17.5 Å². The number of hydrogen-bond donors (Lipinski definition) is 0. The fourth-order valence-electron chi connectivity index (χ4n) is 6.31. The van der Waals surface area contributed by atoms with Crippen LogP contribution in [0, 0.1) is 5.92 Å². The van der Waals surface area contributed by atoms with Gasteiger partial charge in [-0.15, -0.1) is 0 Å². The van der Waals surface area contributed by atoms with Crippen LogP contribution < -0.4 is 9.64 Å². The largest absolute Gasteiger partial charge is 0.485 e. The Morgan fingerprint density at radius 1 is 1.06 bits per heavy atom. The van der Waals surface area contributed by atoms with Gasteiger partial charge >= 0.3 is 0 Å². The van der Waals surface area contributed by atoms with E-state index in [-0.39, 0.29) is 17.4 Å². The van der Waals surface area contributed by atoms with Gasteiger partial charge in [0.15, 0.2) is 6.29 Å². The van der Waals surface area contributed by atoms with Crippen LogP contribution in [0.1, 0.15) is 103 Å². The number of allylic oxidation sites excluding steroid dienone is 2. The lowest BCUT2D eigenvalue weighted by Gasteiger charge is -2.49. The summed E-state index contributed by atoms with van der Waals surface area (Å²) in [5.74, 6) is 1.58. The Kier molecular flexibility index (Phi) is 6.00. The Bertz CT molecular complexity index is 881. The summed E-state index contributed by atoms with van der Waals surface area (Å²) in [4.78, 5) is 14.0. The van der Waals surface area contributed by atoms with Gasteiger partial charge < -0.3 is 9.64 Å². The summed E-state index contributed by atoms with van der Waals surface area (Å²) in [5.41, 5.74) is 8.54. The molecule has 3 aliphatic rings. The molecule has 31 heavy (non-hydrogen) atoms. The lowest BCUT2D eigenvalue weighted by Crippen LogP contribution is -2.45. The Morgan fingerprint density at radius 2 is 1.71 bits per heavy atom. The summed E-state index contributed by atoms with van der Waals surface area (Å²) < 4.78 is 6.35. The summed E-state index contributed by atoms with van der Waals surface area (Å²) >= 11 is 0. The molecular weight excluding hydrogens is 382 g/mol. The number of hydrogen-bond acceptors (Lipinski definition) is 3. The van der Waals surface area contributed by atoms with Gasteiger partial charge in [-0.25, -0.2) is 0 Å². The van der Waals surface area contributed by atoms with Crippen LogP contribution in [-0.2, 0) is 15.6 Å². The van der Waals surface area contributed by atoms with E-state index in [1.807, 2.05) is 0 Å². The summed E-state index contributed by atoms with van der Waals surface area (Å²) in [6, 6.07) is 2.46. The standard InChI is InChI=1S/C28H41NO2/c1-19(2)23(20-10-8-7-9-11-20)21-18-22-25-24(26(21)31-17-16-30)28(5,6)13-15-29(25)14-12-27(22,3)4/h16,18,20H,7-15,17H2,1-6H3. The topological polar surface area (TPSA) is 29.5 Å². The highest BCUT2D eigenvalue weighted by Gasteiger charge is 2.43. The zero-order chi connectivity index (χ0) is 22.4. The molecule has 0 amide bonds. The minimum Gasteiger partial charge on any atom is -0.485 e. The van der Waals surface area contributed by atoms with Gasteiger partial charge in [-0.05, 0) is 73.5 Å². The van der Waals surface area contributed by atoms with Gasteiger partial charge in [-0.3, -0.25) is 4.79 Å². The Balaban J connectivity index is 2.03. The smallest absolute Gasteiger partial charge is 0.157 e. The van der Waals surface area contributed by atoms with Crippen molar-refractivity contribution in [3.63, 3.8) is 0 Å². The highest BCUT2D eigenvalue weighted by atomic mass is 16.5. The van der Waals surface area contributed by atoms with E-state index < -0.39 is 0 Å². The van der Waals surface area contributed by atoms with Gasteiger partial charge in [0.2, 0.25) is 0 Å². The van der Waals surface area contributed by atoms with E-state index >= 15 is 0 Å². The molecule has 3 heteroatoms. The number of carbonyl (C=O) groups is 1. The number of nitrogens with zero attached hydrogens (tertiary/aromatic N) is 1. The summed E-state index contributed by atoms with van der Waals surface area (Å²) in [6.07, 6.45) is 9.71. The molecule has 170 valence electrons. The average molecular weight is 424 g/mol. The van der Waals surface area contributed by atoms with Crippen LogP contribution in [0.5, 0.6) is 5.75 Å². The molecule has 1 saturated carbocycles. The number of aldehydes is 1. The maximum Gasteiger partial charge on any atom is 0.157 e. The molecule has 1 aromatic carbocycles. The quantitative estimate of drug-likeness (QED) is 0.487. The SMILES string of the molecule is CC(C)=C(c1cc2c3c(c1OCC=O)C(C)(C)CCN3CCC2(C)C)C1CCCCC1. The predicted octanol–water partition coefficient (Wildman–Crippen LogP) is 6.81. The van der Waals surface area contributed by atoms with Crippen molar-refractivity contribution in [2.24, 2.45) is 5.92 Å². The third-order valence-electron chi connectivity index (χ3n) is 8.13. The van der Waals surface area contributed by atoms with E-state index in [9.17, 15) is 4.79 Å². The van der Waals surface area contributed by atoms with Crippen molar-refractivity contribution in [2.45, 2.75) is 97.3 Å². The van der Waals surface area contributed by atoms with Crippen molar-refractivity contribution in [3.8, 4) is 5.75 Å².